The molecule has 0 unspecified atom stereocenters. The topological polar surface area (TPSA) is 63.8 Å². The number of hydrogen-bond donors (Lipinski definition) is 2. The summed E-state index contributed by atoms with van der Waals surface area (Å²) in [7, 11) is 0. The smallest absolute Gasteiger partial charge is 0.151 e. The van der Waals surface area contributed by atoms with Crippen molar-refractivity contribution in [1.29, 1.82) is 0 Å². The van der Waals surface area contributed by atoms with Crippen molar-refractivity contribution in [3.05, 3.63) is 29.3 Å². The maximum Gasteiger partial charge on any atom is 0.151 e. The normalized spacial score (nSPS) is 10.8. The van der Waals surface area contributed by atoms with Crippen LogP contribution in [0.2, 0.25) is 0 Å². The fourth-order valence-corrected chi connectivity index (χ4v) is 1.75. The molecule has 17 heavy (non-hydrogen) atoms. The molecule has 0 aliphatic carbocycles. The Morgan fingerprint density at radius 1 is 1.35 bits per heavy atom. The SMILES string of the molecule is CCCc1nc(NN)c2cc(C)c(F)cc2n1. The Balaban J connectivity index is 2.68. The van der Waals surface area contributed by atoms with Gasteiger partial charge in [-0.15, -0.1) is 0 Å². The van der Waals surface area contributed by atoms with Gasteiger partial charge in [0.25, 0.3) is 0 Å². The molecule has 2 rings (SSSR count). The fraction of sp³-hybridized carbons (Fsp3) is 0.333. The lowest BCUT2D eigenvalue weighted by molar-refractivity contribution is 0.620. The molecule has 3 N–H and O–H groups in total. The molecule has 0 aliphatic rings. The number of halogens is 1. The number of nitrogen functional groups attached to an aromatic ring is 1. The molecule has 0 atom stereocenters. The third-order valence-corrected chi connectivity index (χ3v) is 2.63. The highest BCUT2D eigenvalue weighted by Crippen LogP contribution is 2.23. The minimum atomic E-state index is -0.262. The predicted molar refractivity (Wildman–Crippen MR) is 66.0 cm³/mol. The van der Waals surface area contributed by atoms with Crippen LogP contribution in [0.15, 0.2) is 12.1 Å². The monoisotopic (exact) mass is 234 g/mol. The molecule has 0 bridgehead atoms. The van der Waals surface area contributed by atoms with Gasteiger partial charge in [0, 0.05) is 17.9 Å². The number of nitrogens with two attached hydrogens (primary N) is 1. The highest BCUT2D eigenvalue weighted by molar-refractivity contribution is 5.89. The van der Waals surface area contributed by atoms with Gasteiger partial charge in [-0.1, -0.05) is 6.92 Å². The van der Waals surface area contributed by atoms with E-state index < -0.39 is 0 Å². The van der Waals surface area contributed by atoms with Crippen molar-refractivity contribution in [2.45, 2.75) is 26.7 Å². The van der Waals surface area contributed by atoms with Crippen molar-refractivity contribution in [3.63, 3.8) is 0 Å². The molecule has 1 aromatic heterocycles. The van der Waals surface area contributed by atoms with E-state index >= 15 is 0 Å². The summed E-state index contributed by atoms with van der Waals surface area (Å²) in [5.74, 6) is 6.39. The summed E-state index contributed by atoms with van der Waals surface area (Å²) in [5.41, 5.74) is 3.68. The van der Waals surface area contributed by atoms with Crippen LogP contribution in [0.3, 0.4) is 0 Å². The molecule has 0 spiro atoms. The number of nitrogens with one attached hydrogen (secondary N) is 1. The Morgan fingerprint density at radius 2 is 2.12 bits per heavy atom. The molecule has 0 saturated carbocycles. The minimum absolute atomic E-state index is 0.262. The molecule has 0 fully saturated rings. The Labute approximate surface area is 99.0 Å². The first-order chi connectivity index (χ1) is 8.15. The highest BCUT2D eigenvalue weighted by atomic mass is 19.1. The molecule has 0 radical (unpaired) electrons. The Kier molecular flexibility index (Phi) is 3.19. The molecule has 90 valence electrons. The number of anilines is 1. The molecule has 0 amide bonds. The van der Waals surface area contributed by atoms with Gasteiger partial charge in [0.1, 0.15) is 11.6 Å². The molecule has 5 heteroatoms. The average molecular weight is 234 g/mol. The van der Waals surface area contributed by atoms with Gasteiger partial charge >= 0.3 is 0 Å². The molecule has 0 saturated heterocycles. The quantitative estimate of drug-likeness (QED) is 0.632. The second kappa shape index (κ2) is 4.63. The molecule has 4 nitrogen and oxygen atoms in total. The van der Waals surface area contributed by atoms with Gasteiger partial charge in [-0.3, -0.25) is 0 Å². The second-order valence-corrected chi connectivity index (χ2v) is 4.00. The summed E-state index contributed by atoms with van der Waals surface area (Å²) in [5, 5.41) is 0.742. The van der Waals surface area contributed by atoms with Crippen molar-refractivity contribution in [3.8, 4) is 0 Å². The zero-order valence-corrected chi connectivity index (χ0v) is 9.92. The first kappa shape index (κ1) is 11.7. The predicted octanol–water partition coefficient (Wildman–Crippen LogP) is 2.32. The highest BCUT2D eigenvalue weighted by Gasteiger charge is 2.09. The van der Waals surface area contributed by atoms with Crippen molar-refractivity contribution < 1.29 is 4.39 Å². The van der Waals surface area contributed by atoms with Crippen molar-refractivity contribution in [2.24, 2.45) is 5.84 Å². The fourth-order valence-electron chi connectivity index (χ4n) is 1.75. The third-order valence-electron chi connectivity index (χ3n) is 2.63. The van der Waals surface area contributed by atoms with Crippen LogP contribution in [-0.4, -0.2) is 9.97 Å². The van der Waals surface area contributed by atoms with Crippen LogP contribution >= 0.6 is 0 Å². The van der Waals surface area contributed by atoms with E-state index in [-0.39, 0.29) is 5.82 Å². The van der Waals surface area contributed by atoms with Crippen LogP contribution in [0.1, 0.15) is 24.7 Å². The number of nitrogens with zero attached hydrogens (tertiary/aromatic N) is 2. The number of aromatic nitrogens is 2. The van der Waals surface area contributed by atoms with Crippen LogP contribution < -0.4 is 11.3 Å². The van der Waals surface area contributed by atoms with Gasteiger partial charge in [0.2, 0.25) is 0 Å². The first-order valence-corrected chi connectivity index (χ1v) is 5.59. The molecule has 1 heterocycles. The van der Waals surface area contributed by atoms with E-state index in [0.29, 0.717) is 22.7 Å². The van der Waals surface area contributed by atoms with Gasteiger partial charge in [-0.2, -0.15) is 0 Å². The number of hydrazine groups is 1. The van der Waals surface area contributed by atoms with E-state index in [4.69, 9.17) is 5.84 Å². The Hall–Kier alpha value is -1.75. The van der Waals surface area contributed by atoms with Crippen LogP contribution in [0.25, 0.3) is 10.9 Å². The number of hydrogen-bond acceptors (Lipinski definition) is 4. The summed E-state index contributed by atoms with van der Waals surface area (Å²) in [6.07, 6.45) is 1.68. The lowest BCUT2D eigenvalue weighted by Crippen LogP contribution is -2.11. The largest absolute Gasteiger partial charge is 0.308 e. The Morgan fingerprint density at radius 3 is 2.76 bits per heavy atom. The zero-order chi connectivity index (χ0) is 12.4. The summed E-state index contributed by atoms with van der Waals surface area (Å²) < 4.78 is 13.5. The van der Waals surface area contributed by atoms with E-state index in [1.807, 2.05) is 6.92 Å². The number of benzene rings is 1. The Bertz CT molecular complexity index is 554. The number of aryl methyl sites for hydroxylation is 2. The third kappa shape index (κ3) is 2.19. The van der Waals surface area contributed by atoms with Crippen LogP contribution in [-0.2, 0) is 6.42 Å². The molecule has 2 aromatic rings. The molecular weight excluding hydrogens is 219 g/mol. The van der Waals surface area contributed by atoms with E-state index in [2.05, 4.69) is 15.4 Å². The number of fused-ring (bicyclic) bond motifs is 1. The van der Waals surface area contributed by atoms with Crippen LogP contribution in [0.5, 0.6) is 0 Å². The molecule has 1 aromatic carbocycles. The summed E-state index contributed by atoms with van der Waals surface area (Å²) in [6, 6.07) is 3.13. The first-order valence-electron chi connectivity index (χ1n) is 5.59. The van der Waals surface area contributed by atoms with Crippen LogP contribution in [0, 0.1) is 12.7 Å². The van der Waals surface area contributed by atoms with E-state index in [0.717, 1.165) is 18.2 Å². The molecule has 0 aliphatic heterocycles. The number of rotatable bonds is 3. The second-order valence-electron chi connectivity index (χ2n) is 4.00. The minimum Gasteiger partial charge on any atom is -0.308 e. The summed E-state index contributed by atoms with van der Waals surface area (Å²) >= 11 is 0. The maximum absolute atomic E-state index is 13.5. The van der Waals surface area contributed by atoms with E-state index in [1.165, 1.54) is 6.07 Å². The van der Waals surface area contributed by atoms with Gasteiger partial charge in [-0.25, -0.2) is 20.2 Å². The van der Waals surface area contributed by atoms with Crippen molar-refractivity contribution in [2.75, 3.05) is 5.43 Å². The van der Waals surface area contributed by atoms with Crippen molar-refractivity contribution >= 4 is 16.7 Å². The van der Waals surface area contributed by atoms with Gasteiger partial charge in [0.05, 0.1) is 5.52 Å². The average Bonchev–Trinajstić information content (AvgIpc) is 2.31. The van der Waals surface area contributed by atoms with E-state index in [1.54, 1.807) is 13.0 Å². The zero-order valence-electron chi connectivity index (χ0n) is 9.92. The van der Waals surface area contributed by atoms with Gasteiger partial charge < -0.3 is 5.43 Å². The molecular formula is C12H15FN4. The lowest BCUT2D eigenvalue weighted by atomic mass is 10.1. The summed E-state index contributed by atoms with van der Waals surface area (Å²) in [4.78, 5) is 8.64. The standard InChI is InChI=1S/C12H15FN4/c1-3-4-11-15-10-6-9(13)7(2)5-8(10)12(16-11)17-14/h5-6H,3-4,14H2,1-2H3,(H,15,16,17). The van der Waals surface area contributed by atoms with Crippen LogP contribution in [0.4, 0.5) is 10.2 Å². The maximum atomic E-state index is 13.5. The van der Waals surface area contributed by atoms with Crippen molar-refractivity contribution in [1.82, 2.24) is 9.97 Å². The van der Waals surface area contributed by atoms with E-state index in [9.17, 15) is 4.39 Å². The lowest BCUT2D eigenvalue weighted by Gasteiger charge is -2.08. The summed E-state index contributed by atoms with van der Waals surface area (Å²) in [6.45, 7) is 3.74. The van der Waals surface area contributed by atoms with Gasteiger partial charge in [-0.05, 0) is 25.0 Å². The van der Waals surface area contributed by atoms with Gasteiger partial charge in [0.15, 0.2) is 5.82 Å².